The van der Waals surface area contributed by atoms with Crippen molar-refractivity contribution in [2.24, 2.45) is 0 Å². The molecule has 0 aliphatic carbocycles. The second kappa shape index (κ2) is 10.0. The van der Waals surface area contributed by atoms with Crippen molar-refractivity contribution >= 4 is 23.5 Å². The molecule has 0 spiro atoms. The zero-order valence-corrected chi connectivity index (χ0v) is 13.9. The summed E-state index contributed by atoms with van der Waals surface area (Å²) in [7, 11) is 0. The summed E-state index contributed by atoms with van der Waals surface area (Å²) in [6.07, 6.45) is 0.232. The lowest BCUT2D eigenvalue weighted by Crippen LogP contribution is -2.34. The van der Waals surface area contributed by atoms with E-state index in [9.17, 15) is 14.4 Å². The molecule has 2 amide bonds. The Morgan fingerprint density at radius 2 is 2.04 bits per heavy atom. The summed E-state index contributed by atoms with van der Waals surface area (Å²) < 4.78 is 4.86. The van der Waals surface area contributed by atoms with E-state index < -0.39 is 0 Å². The monoisotopic (exact) mass is 331 g/mol. The lowest BCUT2D eigenvalue weighted by molar-refractivity contribution is -0.143. The van der Waals surface area contributed by atoms with Gasteiger partial charge in [0.25, 0.3) is 5.91 Å². The van der Waals surface area contributed by atoms with Gasteiger partial charge in [-0.15, -0.1) is 0 Å². The van der Waals surface area contributed by atoms with Gasteiger partial charge in [0.15, 0.2) is 0 Å². The molecule has 0 atom stereocenters. The van der Waals surface area contributed by atoms with Crippen LogP contribution in [0.1, 0.15) is 37.0 Å². The average Bonchev–Trinajstić information content (AvgIpc) is 2.54. The molecule has 0 saturated heterocycles. The van der Waals surface area contributed by atoms with Gasteiger partial charge in [-0.25, -0.2) is 0 Å². The summed E-state index contributed by atoms with van der Waals surface area (Å²) >= 11 is 0. The minimum absolute atomic E-state index is 0.0659. The highest BCUT2D eigenvalue weighted by atomic mass is 16.5. The van der Waals surface area contributed by atoms with Crippen LogP contribution in [0.25, 0.3) is 0 Å². The van der Waals surface area contributed by atoms with Crippen molar-refractivity contribution in [2.45, 2.75) is 26.7 Å². The van der Waals surface area contributed by atoms with Gasteiger partial charge in [-0.2, -0.15) is 5.26 Å². The Bertz CT molecular complexity index is 637. The van der Waals surface area contributed by atoms with Crippen LogP contribution in [-0.2, 0) is 14.3 Å². The molecule has 0 aromatic heterocycles. The van der Waals surface area contributed by atoms with Crippen molar-refractivity contribution in [3.8, 4) is 6.07 Å². The van der Waals surface area contributed by atoms with Gasteiger partial charge in [0.1, 0.15) is 0 Å². The number of hydrogen-bond donors (Lipinski definition) is 1. The van der Waals surface area contributed by atoms with Gasteiger partial charge in [-0.1, -0.05) is 6.07 Å². The fourth-order valence-electron chi connectivity index (χ4n) is 2.08. The minimum atomic E-state index is -0.390. The third-order valence-corrected chi connectivity index (χ3v) is 3.10. The highest BCUT2D eigenvalue weighted by Gasteiger charge is 2.17. The first-order valence-electron chi connectivity index (χ1n) is 7.67. The van der Waals surface area contributed by atoms with E-state index in [0.717, 1.165) is 0 Å². The molecule has 0 fully saturated rings. The van der Waals surface area contributed by atoms with Crippen LogP contribution >= 0.6 is 0 Å². The minimum Gasteiger partial charge on any atom is -0.466 e. The second-order valence-electron chi connectivity index (χ2n) is 5.02. The number of benzene rings is 1. The standard InChI is InChI=1S/C17H21N3O4/c1-3-24-16(22)8-11-20(10-5-9-18)17(23)14-6-4-7-15(12-14)19-13(2)21/h4,6-7,12H,3,5,8,10-11H2,1-2H3,(H,19,21). The molecule has 1 aromatic rings. The van der Waals surface area contributed by atoms with E-state index in [0.29, 0.717) is 11.3 Å². The van der Waals surface area contributed by atoms with Gasteiger partial charge in [-0.05, 0) is 25.1 Å². The summed E-state index contributed by atoms with van der Waals surface area (Å²) in [6.45, 7) is 3.77. The average molecular weight is 331 g/mol. The molecule has 1 rings (SSSR count). The first kappa shape index (κ1) is 19.2. The number of ether oxygens (including phenoxy) is 1. The topological polar surface area (TPSA) is 99.5 Å². The number of anilines is 1. The van der Waals surface area contributed by atoms with Crippen LogP contribution in [0, 0.1) is 11.3 Å². The molecule has 24 heavy (non-hydrogen) atoms. The first-order chi connectivity index (χ1) is 11.5. The summed E-state index contributed by atoms with van der Waals surface area (Å²) in [6, 6.07) is 8.51. The Balaban J connectivity index is 2.84. The Morgan fingerprint density at radius 3 is 2.67 bits per heavy atom. The van der Waals surface area contributed by atoms with Crippen LogP contribution < -0.4 is 5.32 Å². The number of carbonyl (C=O) groups is 3. The molecule has 0 aliphatic rings. The summed E-state index contributed by atoms with van der Waals surface area (Å²) in [5.41, 5.74) is 0.891. The number of amides is 2. The van der Waals surface area contributed by atoms with Gasteiger partial charge < -0.3 is 15.0 Å². The molecule has 128 valence electrons. The van der Waals surface area contributed by atoms with Crippen LogP contribution in [0.2, 0.25) is 0 Å². The fourth-order valence-corrected chi connectivity index (χ4v) is 2.08. The molecule has 0 radical (unpaired) electrons. The number of nitrogens with one attached hydrogen (secondary N) is 1. The molecular weight excluding hydrogens is 310 g/mol. The van der Waals surface area contributed by atoms with E-state index in [1.807, 2.05) is 6.07 Å². The number of esters is 1. The predicted molar refractivity (Wildman–Crippen MR) is 88.1 cm³/mol. The van der Waals surface area contributed by atoms with E-state index in [1.54, 1.807) is 31.2 Å². The molecule has 7 nitrogen and oxygen atoms in total. The number of nitriles is 1. The molecular formula is C17H21N3O4. The molecule has 0 aliphatic heterocycles. The second-order valence-corrected chi connectivity index (χ2v) is 5.02. The van der Waals surface area contributed by atoms with Crippen molar-refractivity contribution in [2.75, 3.05) is 25.0 Å². The van der Waals surface area contributed by atoms with Gasteiger partial charge in [-0.3, -0.25) is 14.4 Å². The van der Waals surface area contributed by atoms with Crippen LogP contribution in [0.4, 0.5) is 5.69 Å². The SMILES string of the molecule is CCOC(=O)CCN(CCC#N)C(=O)c1cccc(NC(C)=O)c1. The zero-order chi connectivity index (χ0) is 17.9. The zero-order valence-electron chi connectivity index (χ0n) is 13.9. The Hall–Kier alpha value is -2.88. The van der Waals surface area contributed by atoms with Crippen molar-refractivity contribution in [1.82, 2.24) is 4.90 Å². The maximum Gasteiger partial charge on any atom is 0.307 e. The molecule has 0 heterocycles. The van der Waals surface area contributed by atoms with Gasteiger partial charge in [0.2, 0.25) is 5.91 Å². The third-order valence-electron chi connectivity index (χ3n) is 3.10. The Labute approximate surface area is 141 Å². The van der Waals surface area contributed by atoms with Crippen molar-refractivity contribution < 1.29 is 19.1 Å². The lowest BCUT2D eigenvalue weighted by Gasteiger charge is -2.21. The van der Waals surface area contributed by atoms with E-state index in [4.69, 9.17) is 10.00 Å². The Kier molecular flexibility index (Phi) is 7.99. The molecule has 1 aromatic carbocycles. The number of carbonyl (C=O) groups excluding carboxylic acids is 3. The highest BCUT2D eigenvalue weighted by molar-refractivity contribution is 5.97. The maximum absolute atomic E-state index is 12.6. The largest absolute Gasteiger partial charge is 0.466 e. The van der Waals surface area contributed by atoms with Crippen molar-refractivity contribution in [1.29, 1.82) is 5.26 Å². The molecule has 0 bridgehead atoms. The van der Waals surface area contributed by atoms with Crippen molar-refractivity contribution in [3.05, 3.63) is 29.8 Å². The lowest BCUT2D eigenvalue weighted by atomic mass is 10.1. The molecule has 0 unspecified atom stereocenters. The predicted octanol–water partition coefficient (Wildman–Crippen LogP) is 1.95. The summed E-state index contributed by atoms with van der Waals surface area (Å²) in [5.74, 6) is -0.927. The normalized spacial score (nSPS) is 9.71. The third kappa shape index (κ3) is 6.48. The van der Waals surface area contributed by atoms with Crippen LogP contribution in [0.3, 0.4) is 0 Å². The number of rotatable bonds is 8. The van der Waals surface area contributed by atoms with E-state index >= 15 is 0 Å². The number of hydrogen-bond acceptors (Lipinski definition) is 5. The first-order valence-corrected chi connectivity index (χ1v) is 7.67. The van der Waals surface area contributed by atoms with Crippen LogP contribution in [0.5, 0.6) is 0 Å². The smallest absolute Gasteiger partial charge is 0.307 e. The fraction of sp³-hybridized carbons (Fsp3) is 0.412. The van der Waals surface area contributed by atoms with Crippen LogP contribution in [-0.4, -0.2) is 42.4 Å². The maximum atomic E-state index is 12.6. The summed E-state index contributed by atoms with van der Waals surface area (Å²) in [4.78, 5) is 36.6. The molecule has 7 heteroatoms. The molecule has 1 N–H and O–H groups in total. The van der Waals surface area contributed by atoms with Gasteiger partial charge >= 0.3 is 5.97 Å². The van der Waals surface area contributed by atoms with Gasteiger partial charge in [0.05, 0.1) is 25.5 Å². The Morgan fingerprint density at radius 1 is 1.29 bits per heavy atom. The van der Waals surface area contributed by atoms with E-state index in [-0.39, 0.29) is 50.3 Å². The quantitative estimate of drug-likeness (QED) is 0.734. The number of nitrogens with zero attached hydrogens (tertiary/aromatic N) is 2. The molecule has 0 saturated carbocycles. The highest BCUT2D eigenvalue weighted by Crippen LogP contribution is 2.13. The van der Waals surface area contributed by atoms with E-state index in [2.05, 4.69) is 5.32 Å². The van der Waals surface area contributed by atoms with Crippen molar-refractivity contribution in [3.63, 3.8) is 0 Å². The summed E-state index contributed by atoms with van der Waals surface area (Å²) in [5, 5.41) is 11.4. The van der Waals surface area contributed by atoms with E-state index in [1.165, 1.54) is 11.8 Å². The van der Waals surface area contributed by atoms with Gasteiger partial charge in [0, 0.05) is 31.3 Å². The van der Waals surface area contributed by atoms with Crippen LogP contribution in [0.15, 0.2) is 24.3 Å².